The molecule has 0 radical (unpaired) electrons. The van der Waals surface area contributed by atoms with E-state index in [2.05, 4.69) is 5.32 Å². The molecule has 0 bridgehead atoms. The van der Waals surface area contributed by atoms with Gasteiger partial charge in [0.05, 0.1) is 7.11 Å². The van der Waals surface area contributed by atoms with Crippen molar-refractivity contribution in [2.24, 2.45) is 5.73 Å². The Kier molecular flexibility index (Phi) is 5.57. The van der Waals surface area contributed by atoms with Gasteiger partial charge in [-0.1, -0.05) is 12.2 Å². The number of carbonyl (C=O) groups is 1. The summed E-state index contributed by atoms with van der Waals surface area (Å²) in [6, 6.07) is 5.16. The van der Waals surface area contributed by atoms with Crippen molar-refractivity contribution in [3.8, 4) is 11.5 Å². The molecule has 1 rings (SSSR count). The fourth-order valence-electron chi connectivity index (χ4n) is 1.45. The highest BCUT2D eigenvalue weighted by molar-refractivity contribution is 7.80. The predicted molar refractivity (Wildman–Crippen MR) is 77.7 cm³/mol. The summed E-state index contributed by atoms with van der Waals surface area (Å²) in [5, 5.41) is 2.73. The van der Waals surface area contributed by atoms with Gasteiger partial charge in [-0.15, -0.1) is 0 Å². The molecule has 1 amide bonds. The third-order valence-electron chi connectivity index (χ3n) is 2.26. The van der Waals surface area contributed by atoms with Crippen LogP contribution in [0.2, 0.25) is 0 Å². The maximum atomic E-state index is 11.5. The van der Waals surface area contributed by atoms with E-state index in [0.717, 1.165) is 0 Å². The fraction of sp³-hybridized carbons (Fsp3) is 0.385. The van der Waals surface area contributed by atoms with E-state index in [4.69, 9.17) is 27.4 Å². The van der Waals surface area contributed by atoms with Gasteiger partial charge in [0.1, 0.15) is 4.99 Å². The quantitative estimate of drug-likeness (QED) is 0.768. The lowest BCUT2D eigenvalue weighted by atomic mass is 10.2. The summed E-state index contributed by atoms with van der Waals surface area (Å²) in [5.41, 5.74) is 6.22. The Morgan fingerprint density at radius 2 is 2.11 bits per heavy atom. The molecule has 0 fully saturated rings. The Morgan fingerprint density at radius 3 is 2.63 bits per heavy atom. The second kappa shape index (κ2) is 6.94. The average molecular weight is 282 g/mol. The van der Waals surface area contributed by atoms with E-state index in [1.807, 2.05) is 13.8 Å². The first kappa shape index (κ1) is 15.2. The predicted octanol–water partition coefficient (Wildman–Crippen LogP) is 1.23. The third kappa shape index (κ3) is 4.75. The van der Waals surface area contributed by atoms with Crippen LogP contribution in [0.3, 0.4) is 0 Å². The third-order valence-corrected chi connectivity index (χ3v) is 2.49. The van der Waals surface area contributed by atoms with Crippen LogP contribution in [0.4, 0.5) is 0 Å². The Hall–Kier alpha value is -1.82. The molecule has 0 saturated carbocycles. The molecule has 0 aromatic heterocycles. The molecule has 6 heteroatoms. The van der Waals surface area contributed by atoms with Crippen molar-refractivity contribution in [3.05, 3.63) is 23.8 Å². The lowest BCUT2D eigenvalue weighted by Gasteiger charge is -2.13. The molecule has 0 unspecified atom stereocenters. The summed E-state index contributed by atoms with van der Waals surface area (Å²) in [6.45, 7) is 3.70. The standard InChI is InChI=1S/C13H18N2O3S/c1-8(2)15-12(16)7-18-10-5-4-9(13(14)19)6-11(10)17-3/h4-6,8H,7H2,1-3H3,(H2,14,19)(H,15,16). The number of benzene rings is 1. The number of carbonyl (C=O) groups excluding carboxylic acids is 1. The zero-order valence-electron chi connectivity index (χ0n) is 11.2. The van der Waals surface area contributed by atoms with Gasteiger partial charge in [0.2, 0.25) is 0 Å². The molecule has 1 aromatic rings. The van der Waals surface area contributed by atoms with E-state index in [-0.39, 0.29) is 23.5 Å². The van der Waals surface area contributed by atoms with E-state index in [9.17, 15) is 4.79 Å². The second-order valence-electron chi connectivity index (χ2n) is 4.24. The SMILES string of the molecule is COc1cc(C(N)=S)ccc1OCC(=O)NC(C)C. The van der Waals surface area contributed by atoms with Crippen LogP contribution in [0.1, 0.15) is 19.4 Å². The van der Waals surface area contributed by atoms with Gasteiger partial charge >= 0.3 is 0 Å². The first-order chi connectivity index (χ1) is 8.93. The first-order valence-corrected chi connectivity index (χ1v) is 6.25. The molecule has 0 spiro atoms. The zero-order valence-corrected chi connectivity index (χ0v) is 12.0. The molecule has 0 heterocycles. The Balaban J connectivity index is 2.73. The number of ether oxygens (including phenoxy) is 2. The van der Waals surface area contributed by atoms with Crippen LogP contribution in [0.25, 0.3) is 0 Å². The van der Waals surface area contributed by atoms with E-state index in [1.165, 1.54) is 7.11 Å². The molecule has 0 aliphatic rings. The number of methoxy groups -OCH3 is 1. The van der Waals surface area contributed by atoms with E-state index in [1.54, 1.807) is 18.2 Å². The fourth-order valence-corrected chi connectivity index (χ4v) is 1.57. The number of rotatable bonds is 6. The van der Waals surface area contributed by atoms with Crippen LogP contribution in [0.15, 0.2) is 18.2 Å². The summed E-state index contributed by atoms with van der Waals surface area (Å²) in [6.07, 6.45) is 0. The van der Waals surface area contributed by atoms with E-state index < -0.39 is 0 Å². The van der Waals surface area contributed by atoms with Gasteiger partial charge in [-0.25, -0.2) is 0 Å². The molecule has 1 aromatic carbocycles. The molecule has 0 aliphatic carbocycles. The molecular weight excluding hydrogens is 264 g/mol. The Morgan fingerprint density at radius 1 is 1.42 bits per heavy atom. The van der Waals surface area contributed by atoms with Gasteiger partial charge in [0.15, 0.2) is 18.1 Å². The van der Waals surface area contributed by atoms with Crippen LogP contribution >= 0.6 is 12.2 Å². The minimum atomic E-state index is -0.185. The van der Waals surface area contributed by atoms with Gasteiger partial charge in [0.25, 0.3) is 5.91 Å². The number of hydrogen-bond acceptors (Lipinski definition) is 4. The van der Waals surface area contributed by atoms with Crippen molar-refractivity contribution in [1.82, 2.24) is 5.32 Å². The van der Waals surface area contributed by atoms with Crippen molar-refractivity contribution < 1.29 is 14.3 Å². The van der Waals surface area contributed by atoms with Gasteiger partial charge in [-0.2, -0.15) is 0 Å². The van der Waals surface area contributed by atoms with Crippen LogP contribution < -0.4 is 20.5 Å². The average Bonchev–Trinajstić information content (AvgIpc) is 2.35. The monoisotopic (exact) mass is 282 g/mol. The van der Waals surface area contributed by atoms with Crippen LogP contribution in [-0.2, 0) is 4.79 Å². The molecule has 3 N–H and O–H groups in total. The van der Waals surface area contributed by atoms with Crippen molar-refractivity contribution >= 4 is 23.1 Å². The molecular formula is C13H18N2O3S. The lowest BCUT2D eigenvalue weighted by Crippen LogP contribution is -2.34. The highest BCUT2D eigenvalue weighted by Crippen LogP contribution is 2.27. The second-order valence-corrected chi connectivity index (χ2v) is 4.68. The summed E-state index contributed by atoms with van der Waals surface area (Å²) in [4.78, 5) is 11.8. The minimum Gasteiger partial charge on any atom is -0.493 e. The summed E-state index contributed by atoms with van der Waals surface area (Å²) >= 11 is 4.88. The lowest BCUT2D eigenvalue weighted by molar-refractivity contribution is -0.123. The highest BCUT2D eigenvalue weighted by Gasteiger charge is 2.10. The van der Waals surface area contributed by atoms with Crippen LogP contribution in [0.5, 0.6) is 11.5 Å². The van der Waals surface area contributed by atoms with Gasteiger partial charge in [0, 0.05) is 11.6 Å². The smallest absolute Gasteiger partial charge is 0.258 e. The van der Waals surface area contributed by atoms with Crippen LogP contribution in [0, 0.1) is 0 Å². The summed E-state index contributed by atoms with van der Waals surface area (Å²) in [7, 11) is 1.51. The zero-order chi connectivity index (χ0) is 14.4. The molecule has 0 saturated heterocycles. The largest absolute Gasteiger partial charge is 0.493 e. The van der Waals surface area contributed by atoms with Gasteiger partial charge in [-0.3, -0.25) is 4.79 Å². The van der Waals surface area contributed by atoms with Gasteiger partial charge in [-0.05, 0) is 32.0 Å². The van der Waals surface area contributed by atoms with E-state index >= 15 is 0 Å². The molecule has 19 heavy (non-hydrogen) atoms. The number of nitrogens with two attached hydrogens (primary N) is 1. The molecule has 104 valence electrons. The van der Waals surface area contributed by atoms with Crippen molar-refractivity contribution in [2.75, 3.05) is 13.7 Å². The van der Waals surface area contributed by atoms with Crippen molar-refractivity contribution in [1.29, 1.82) is 0 Å². The molecule has 5 nitrogen and oxygen atoms in total. The molecule has 0 atom stereocenters. The number of thiocarbonyl (C=S) groups is 1. The summed E-state index contributed by atoms with van der Waals surface area (Å²) in [5.74, 6) is 0.777. The highest BCUT2D eigenvalue weighted by atomic mass is 32.1. The Bertz CT molecular complexity index is 475. The number of nitrogens with one attached hydrogen (secondary N) is 1. The van der Waals surface area contributed by atoms with Crippen molar-refractivity contribution in [3.63, 3.8) is 0 Å². The molecule has 0 aliphatic heterocycles. The normalized spacial score (nSPS) is 10.1. The van der Waals surface area contributed by atoms with Crippen molar-refractivity contribution in [2.45, 2.75) is 19.9 Å². The first-order valence-electron chi connectivity index (χ1n) is 5.84. The van der Waals surface area contributed by atoms with Crippen LogP contribution in [-0.4, -0.2) is 30.7 Å². The van der Waals surface area contributed by atoms with E-state index in [0.29, 0.717) is 17.1 Å². The summed E-state index contributed by atoms with van der Waals surface area (Å²) < 4.78 is 10.6. The topological polar surface area (TPSA) is 73.6 Å². The maximum absolute atomic E-state index is 11.5. The maximum Gasteiger partial charge on any atom is 0.258 e. The van der Waals surface area contributed by atoms with Gasteiger partial charge < -0.3 is 20.5 Å². The number of amides is 1. The Labute approximate surface area is 118 Å². The minimum absolute atomic E-state index is 0.0685. The number of hydrogen-bond donors (Lipinski definition) is 2.